The molecule has 1 amide bonds. The smallest absolute Gasteiger partial charge is 0.410 e. The molecule has 0 aliphatic carbocycles. The van der Waals surface area contributed by atoms with Crippen LogP contribution in [-0.4, -0.2) is 80.5 Å². The first-order chi connectivity index (χ1) is 13.4. The van der Waals surface area contributed by atoms with Crippen LogP contribution >= 0.6 is 24.0 Å². The van der Waals surface area contributed by atoms with Gasteiger partial charge in [-0.05, 0) is 38.5 Å². The van der Waals surface area contributed by atoms with Gasteiger partial charge in [0.05, 0.1) is 11.4 Å². The normalized spacial score (nSPS) is 15.7. The number of benzene rings is 1. The van der Waals surface area contributed by atoms with E-state index < -0.39 is 15.6 Å². The van der Waals surface area contributed by atoms with Crippen LogP contribution in [0.25, 0.3) is 0 Å². The molecule has 1 saturated heterocycles. The largest absolute Gasteiger partial charge is 0.444 e. The van der Waals surface area contributed by atoms with Crippen LogP contribution in [0.3, 0.4) is 0 Å². The summed E-state index contributed by atoms with van der Waals surface area (Å²) in [6, 6.07) is 6.59. The van der Waals surface area contributed by atoms with Crippen molar-refractivity contribution in [2.75, 3.05) is 40.3 Å². The fraction of sp³-hybridized carbons (Fsp3) is 0.579. The Balaban J connectivity index is 0.00000450. The van der Waals surface area contributed by atoms with Crippen molar-refractivity contribution in [3.8, 4) is 0 Å². The Hall–Kier alpha value is -1.60. The number of aliphatic imine (C=N–C) groups is 1. The van der Waals surface area contributed by atoms with Gasteiger partial charge in [0.25, 0.3) is 0 Å². The zero-order valence-corrected chi connectivity index (χ0v) is 21.3. The summed E-state index contributed by atoms with van der Waals surface area (Å²) in [6.45, 7) is 8.06. The lowest BCUT2D eigenvalue weighted by Gasteiger charge is -2.36. The average Bonchev–Trinajstić information content (AvgIpc) is 2.65. The monoisotopic (exact) mass is 553 g/mol. The zero-order chi connectivity index (χ0) is 21.8. The first kappa shape index (κ1) is 26.4. The molecule has 1 aliphatic rings. The minimum atomic E-state index is -3.44. The maximum absolute atomic E-state index is 12.1. The van der Waals surface area contributed by atoms with Gasteiger partial charge in [0.1, 0.15) is 5.60 Å². The first-order valence-electron chi connectivity index (χ1n) is 9.44. The summed E-state index contributed by atoms with van der Waals surface area (Å²) in [4.78, 5) is 20.3. The molecule has 1 aliphatic heterocycles. The van der Waals surface area contributed by atoms with E-state index in [0.717, 1.165) is 5.56 Å². The molecule has 30 heavy (non-hydrogen) atoms. The number of nitrogens with zero attached hydrogens (tertiary/aromatic N) is 4. The van der Waals surface area contributed by atoms with E-state index in [2.05, 4.69) is 4.99 Å². The molecule has 9 nitrogen and oxygen atoms in total. The fourth-order valence-corrected chi connectivity index (χ4v) is 3.60. The summed E-state index contributed by atoms with van der Waals surface area (Å²) in [5.74, 6) is 0.402. The number of hydrogen-bond donors (Lipinski definition) is 1. The summed E-state index contributed by atoms with van der Waals surface area (Å²) in [7, 11) is -0.450. The number of guanidine groups is 1. The maximum Gasteiger partial charge on any atom is 0.410 e. The number of hydrogen-bond acceptors (Lipinski definition) is 5. The van der Waals surface area contributed by atoms with Gasteiger partial charge in [0.15, 0.2) is 5.96 Å². The van der Waals surface area contributed by atoms with E-state index in [4.69, 9.17) is 10.5 Å². The molecule has 1 fully saturated rings. The lowest BCUT2D eigenvalue weighted by molar-refractivity contribution is 0.0186. The molecular weight excluding hydrogens is 521 g/mol. The topological polar surface area (TPSA) is 109 Å². The third-order valence-corrected chi connectivity index (χ3v) is 6.21. The molecule has 1 aromatic carbocycles. The van der Waals surface area contributed by atoms with Gasteiger partial charge in [-0.15, -0.1) is 24.0 Å². The Labute approximate surface area is 196 Å². The lowest BCUT2D eigenvalue weighted by Crippen LogP contribution is -2.53. The van der Waals surface area contributed by atoms with Crippen molar-refractivity contribution in [3.05, 3.63) is 29.8 Å². The van der Waals surface area contributed by atoms with Crippen LogP contribution in [0.4, 0.5) is 4.79 Å². The Bertz CT molecular complexity index is 843. The Morgan fingerprint density at radius 2 is 1.60 bits per heavy atom. The molecule has 0 bridgehead atoms. The number of ether oxygens (including phenoxy) is 1. The van der Waals surface area contributed by atoms with Crippen LogP contribution in [0.5, 0.6) is 0 Å². The second kappa shape index (κ2) is 10.6. The number of amides is 1. The van der Waals surface area contributed by atoms with Crippen LogP contribution in [-0.2, 0) is 21.3 Å². The molecule has 11 heteroatoms. The number of halogens is 1. The van der Waals surface area contributed by atoms with Crippen molar-refractivity contribution in [1.82, 2.24) is 14.1 Å². The van der Waals surface area contributed by atoms with Gasteiger partial charge in [-0.1, -0.05) is 12.1 Å². The van der Waals surface area contributed by atoms with E-state index in [9.17, 15) is 13.2 Å². The van der Waals surface area contributed by atoms with E-state index in [1.807, 2.05) is 25.7 Å². The van der Waals surface area contributed by atoms with Crippen molar-refractivity contribution >= 4 is 46.1 Å². The lowest BCUT2D eigenvalue weighted by atomic mass is 10.2. The van der Waals surface area contributed by atoms with E-state index in [1.54, 1.807) is 29.2 Å². The third-order valence-electron chi connectivity index (χ3n) is 4.38. The quantitative estimate of drug-likeness (QED) is 0.347. The predicted molar refractivity (Wildman–Crippen MR) is 127 cm³/mol. The van der Waals surface area contributed by atoms with Gasteiger partial charge in [-0.25, -0.2) is 22.5 Å². The molecule has 170 valence electrons. The highest BCUT2D eigenvalue weighted by atomic mass is 127. The van der Waals surface area contributed by atoms with Crippen molar-refractivity contribution in [2.45, 2.75) is 37.8 Å². The van der Waals surface area contributed by atoms with E-state index in [-0.39, 0.29) is 35.0 Å². The summed E-state index contributed by atoms with van der Waals surface area (Å²) < 4.78 is 30.8. The van der Waals surface area contributed by atoms with Gasteiger partial charge in [-0.2, -0.15) is 0 Å². The summed E-state index contributed by atoms with van der Waals surface area (Å²) >= 11 is 0. The van der Waals surface area contributed by atoms with Crippen molar-refractivity contribution in [2.24, 2.45) is 10.7 Å². The highest BCUT2D eigenvalue weighted by Gasteiger charge is 2.26. The first-order valence-corrected chi connectivity index (χ1v) is 10.9. The average molecular weight is 553 g/mol. The number of carbonyl (C=O) groups is 1. The van der Waals surface area contributed by atoms with Gasteiger partial charge in [0.2, 0.25) is 10.0 Å². The number of rotatable bonds is 4. The molecule has 0 spiro atoms. The third kappa shape index (κ3) is 7.27. The molecule has 2 N–H and O–H groups in total. The summed E-state index contributed by atoms with van der Waals surface area (Å²) in [5, 5.41) is 0. The standard InChI is InChI=1S/C19H31N5O4S.HI/c1-19(2,3)28-18(25)24-12-10-23(11-13-24)17(20)21-14-15-6-8-16(9-7-15)29(26,27)22(4)5;/h6-9H,10-14H2,1-5H3,(H2,20,21);1H. The molecule has 1 aromatic rings. The molecule has 0 atom stereocenters. The van der Waals surface area contributed by atoms with Crippen molar-refractivity contribution in [1.29, 1.82) is 0 Å². The van der Waals surface area contributed by atoms with E-state index in [1.165, 1.54) is 18.4 Å². The highest BCUT2D eigenvalue weighted by molar-refractivity contribution is 14.0. The molecule has 0 aromatic heterocycles. The number of sulfonamides is 1. The summed E-state index contributed by atoms with van der Waals surface area (Å²) in [5.41, 5.74) is 6.44. The minimum absolute atomic E-state index is 0. The van der Waals surface area contributed by atoms with Crippen LogP contribution in [0.15, 0.2) is 34.2 Å². The number of nitrogens with two attached hydrogens (primary N) is 1. The second-order valence-electron chi connectivity index (χ2n) is 8.06. The van der Waals surface area contributed by atoms with Crippen molar-refractivity contribution < 1.29 is 17.9 Å². The predicted octanol–water partition coefficient (Wildman–Crippen LogP) is 1.92. The van der Waals surface area contributed by atoms with Crippen LogP contribution in [0.2, 0.25) is 0 Å². The highest BCUT2D eigenvalue weighted by Crippen LogP contribution is 2.15. The second-order valence-corrected chi connectivity index (χ2v) is 10.2. The Morgan fingerprint density at radius 3 is 2.07 bits per heavy atom. The van der Waals surface area contributed by atoms with Crippen LogP contribution in [0.1, 0.15) is 26.3 Å². The Kier molecular flexibility index (Phi) is 9.36. The molecule has 1 heterocycles. The van der Waals surface area contributed by atoms with E-state index >= 15 is 0 Å². The van der Waals surface area contributed by atoms with E-state index in [0.29, 0.717) is 38.7 Å². The molecule has 0 radical (unpaired) electrons. The van der Waals surface area contributed by atoms with Gasteiger partial charge in [0, 0.05) is 40.3 Å². The van der Waals surface area contributed by atoms with Gasteiger partial charge >= 0.3 is 6.09 Å². The number of carbonyl (C=O) groups excluding carboxylic acids is 1. The fourth-order valence-electron chi connectivity index (χ4n) is 2.69. The zero-order valence-electron chi connectivity index (χ0n) is 18.2. The van der Waals surface area contributed by atoms with Crippen molar-refractivity contribution in [3.63, 3.8) is 0 Å². The number of piperazine rings is 1. The summed E-state index contributed by atoms with van der Waals surface area (Å²) in [6.07, 6.45) is -0.319. The molecular formula is C19H32IN5O4S. The minimum Gasteiger partial charge on any atom is -0.444 e. The molecule has 0 unspecified atom stereocenters. The maximum atomic E-state index is 12.1. The molecule has 0 saturated carbocycles. The molecule has 2 rings (SSSR count). The SMILES string of the molecule is CN(C)S(=O)(=O)c1ccc(CN=C(N)N2CCN(C(=O)OC(C)(C)C)CC2)cc1.I. The van der Waals surface area contributed by atoms with Crippen LogP contribution in [0, 0.1) is 0 Å². The Morgan fingerprint density at radius 1 is 1.10 bits per heavy atom. The van der Waals surface area contributed by atoms with Crippen LogP contribution < -0.4 is 5.73 Å². The van der Waals surface area contributed by atoms with Gasteiger partial charge in [-0.3, -0.25) is 0 Å². The van der Waals surface area contributed by atoms with Gasteiger partial charge < -0.3 is 20.3 Å².